The highest BCUT2D eigenvalue weighted by Gasteiger charge is 2.42. The lowest BCUT2D eigenvalue weighted by Crippen LogP contribution is -2.61. The maximum atomic E-state index is 14.5. The Morgan fingerprint density at radius 2 is 0.571 bits per heavy atom. The first kappa shape index (κ1) is 56.8. The summed E-state index contributed by atoms with van der Waals surface area (Å²) >= 11 is 0. The predicted molar refractivity (Wildman–Crippen MR) is 247 cm³/mol. The van der Waals surface area contributed by atoms with Gasteiger partial charge in [-0.1, -0.05) is 105 Å². The van der Waals surface area contributed by atoms with Crippen LogP contribution in [0.2, 0.25) is 0 Å². The monoisotopic (exact) mass is 891 g/mol. The molecule has 1 fully saturated rings. The van der Waals surface area contributed by atoms with Gasteiger partial charge in [-0.25, -0.2) is 0 Å². The molecule has 1 saturated heterocycles. The second kappa shape index (κ2) is 27.8. The fourth-order valence-electron chi connectivity index (χ4n) is 8.25. The molecule has 1 rings (SSSR count). The first-order valence-corrected chi connectivity index (χ1v) is 23.8. The van der Waals surface area contributed by atoms with Gasteiger partial charge in [0, 0.05) is 49.3 Å². The second-order valence-corrected chi connectivity index (χ2v) is 17.9. The number of nitrogens with one attached hydrogen (secondary N) is 1. The molecule has 1 aliphatic rings. The number of hydrogen-bond donors (Lipinski definition) is 1. The Kier molecular flexibility index (Phi) is 25.1. The summed E-state index contributed by atoms with van der Waals surface area (Å²) in [6.07, 6.45) is 10.5. The van der Waals surface area contributed by atoms with Crippen molar-refractivity contribution >= 4 is 47.3 Å². The summed E-state index contributed by atoms with van der Waals surface area (Å²) in [6, 6.07) is -7.98. The molecule has 1 N–H and O–H groups in total. The molecule has 16 nitrogen and oxygen atoms in total. The van der Waals surface area contributed by atoms with E-state index in [9.17, 15) is 38.4 Å². The van der Waals surface area contributed by atoms with Gasteiger partial charge in [-0.15, -0.1) is 0 Å². The van der Waals surface area contributed by atoms with Crippen molar-refractivity contribution in [2.24, 2.45) is 0 Å². The molecule has 0 aromatic heterocycles. The fourth-order valence-corrected chi connectivity index (χ4v) is 8.25. The molecule has 16 heteroatoms. The highest BCUT2D eigenvalue weighted by Crippen LogP contribution is 2.22. The van der Waals surface area contributed by atoms with Gasteiger partial charge in [0.05, 0.1) is 0 Å². The Labute approximate surface area is 380 Å². The Morgan fingerprint density at radius 3 is 0.841 bits per heavy atom. The summed E-state index contributed by atoms with van der Waals surface area (Å²) in [6.45, 7) is 14.5. The van der Waals surface area contributed by atoms with E-state index in [1.165, 1.54) is 83.6 Å². The van der Waals surface area contributed by atoms with E-state index in [2.05, 4.69) is 5.32 Å². The minimum absolute atomic E-state index is 0.312. The van der Waals surface area contributed by atoms with Crippen LogP contribution in [0.4, 0.5) is 0 Å². The van der Waals surface area contributed by atoms with Crippen LogP contribution < -0.4 is 5.32 Å². The SMILES string of the molecule is CCCCC[C@H]1C(=O)N[C@H](C)C(=O)N(C)[C@@H](CCCCC)C(=O)N(C)[C@H](C)C(=O)N(C)[C@@H](CCCCC)C(=O)N(C)[C@H](C)C(=O)N(C)[C@@H](CCCCC)C(=O)N(C)[C@H](C)C(=O)N1C. The number of hydrogen-bond acceptors (Lipinski definition) is 8. The van der Waals surface area contributed by atoms with E-state index in [1.807, 2.05) is 27.7 Å². The minimum Gasteiger partial charge on any atom is -0.343 e. The summed E-state index contributed by atoms with van der Waals surface area (Å²) in [5.41, 5.74) is 0. The maximum Gasteiger partial charge on any atom is 0.245 e. The van der Waals surface area contributed by atoms with E-state index in [4.69, 9.17) is 0 Å². The zero-order valence-electron chi connectivity index (χ0n) is 41.8. The first-order valence-electron chi connectivity index (χ1n) is 23.8. The Bertz CT molecular complexity index is 1530. The van der Waals surface area contributed by atoms with E-state index in [1.54, 1.807) is 27.7 Å². The number of carbonyl (C=O) groups is 8. The van der Waals surface area contributed by atoms with Crippen LogP contribution in [0.25, 0.3) is 0 Å². The molecule has 0 aromatic carbocycles. The molecule has 0 spiro atoms. The highest BCUT2D eigenvalue weighted by atomic mass is 16.2. The van der Waals surface area contributed by atoms with Crippen molar-refractivity contribution in [3.05, 3.63) is 0 Å². The lowest BCUT2D eigenvalue weighted by Gasteiger charge is -2.39. The average molecular weight is 891 g/mol. The van der Waals surface area contributed by atoms with E-state index in [0.717, 1.165) is 51.4 Å². The van der Waals surface area contributed by atoms with Gasteiger partial charge in [-0.2, -0.15) is 0 Å². The number of amides is 8. The molecular formula is C47H86N8O8. The zero-order valence-corrected chi connectivity index (χ0v) is 41.8. The lowest BCUT2D eigenvalue weighted by molar-refractivity contribution is -0.156. The molecule has 0 bridgehead atoms. The first-order chi connectivity index (χ1) is 29.6. The van der Waals surface area contributed by atoms with E-state index in [-0.39, 0.29) is 0 Å². The molecule has 362 valence electrons. The number of carbonyl (C=O) groups excluding carboxylic acids is 8. The predicted octanol–water partition coefficient (Wildman–Crippen LogP) is 4.67. The van der Waals surface area contributed by atoms with Crippen molar-refractivity contribution in [2.45, 2.75) is 206 Å². The summed E-state index contributed by atoms with van der Waals surface area (Å²) in [4.78, 5) is 124. The Morgan fingerprint density at radius 1 is 0.333 bits per heavy atom. The number of nitrogens with zero attached hydrogens (tertiary/aromatic N) is 7. The molecule has 0 aromatic rings. The van der Waals surface area contributed by atoms with Gasteiger partial charge >= 0.3 is 0 Å². The van der Waals surface area contributed by atoms with E-state index >= 15 is 0 Å². The summed E-state index contributed by atoms with van der Waals surface area (Å²) in [5.74, 6) is -3.85. The van der Waals surface area contributed by atoms with Crippen LogP contribution in [0.5, 0.6) is 0 Å². The molecule has 0 aliphatic carbocycles. The topological polar surface area (TPSA) is 171 Å². The molecule has 0 unspecified atom stereocenters. The third kappa shape index (κ3) is 15.5. The summed E-state index contributed by atoms with van der Waals surface area (Å²) < 4.78 is 0. The van der Waals surface area contributed by atoms with Crippen molar-refractivity contribution in [2.75, 3.05) is 49.3 Å². The molecule has 0 radical (unpaired) electrons. The van der Waals surface area contributed by atoms with Crippen LogP contribution in [-0.4, -0.2) is 179 Å². The number of unbranched alkanes of at least 4 members (excludes halogenated alkanes) is 8. The van der Waals surface area contributed by atoms with Crippen LogP contribution in [0.15, 0.2) is 0 Å². The van der Waals surface area contributed by atoms with E-state index in [0.29, 0.717) is 51.4 Å². The Balaban J connectivity index is 4.01. The van der Waals surface area contributed by atoms with Crippen molar-refractivity contribution in [1.82, 2.24) is 39.6 Å². The highest BCUT2D eigenvalue weighted by molar-refractivity contribution is 5.98. The lowest BCUT2D eigenvalue weighted by atomic mass is 10.0. The Hall–Kier alpha value is -4.24. The van der Waals surface area contributed by atoms with Gasteiger partial charge in [0.1, 0.15) is 48.3 Å². The van der Waals surface area contributed by atoms with Crippen molar-refractivity contribution < 1.29 is 38.4 Å². The molecule has 1 aliphatic heterocycles. The quantitative estimate of drug-likeness (QED) is 0.218. The normalized spacial score (nSPS) is 26.6. The van der Waals surface area contributed by atoms with Crippen molar-refractivity contribution in [3.63, 3.8) is 0 Å². The van der Waals surface area contributed by atoms with Crippen molar-refractivity contribution in [3.8, 4) is 0 Å². The third-order valence-corrected chi connectivity index (χ3v) is 13.3. The van der Waals surface area contributed by atoms with Gasteiger partial charge < -0.3 is 39.6 Å². The molecule has 63 heavy (non-hydrogen) atoms. The van der Waals surface area contributed by atoms with Gasteiger partial charge in [0.25, 0.3) is 0 Å². The zero-order chi connectivity index (χ0) is 48.3. The van der Waals surface area contributed by atoms with Gasteiger partial charge in [-0.3, -0.25) is 38.4 Å². The number of likely N-dealkylation sites (N-methyl/N-ethyl adjacent to an activating group) is 7. The van der Waals surface area contributed by atoms with Crippen LogP contribution in [0, 0.1) is 0 Å². The molecule has 8 amide bonds. The molecule has 8 atom stereocenters. The average Bonchev–Trinajstić information content (AvgIpc) is 3.27. The van der Waals surface area contributed by atoms with Gasteiger partial charge in [-0.05, 0) is 53.4 Å². The summed E-state index contributed by atoms with van der Waals surface area (Å²) in [5, 5.41) is 2.82. The van der Waals surface area contributed by atoms with Gasteiger partial charge in [0.15, 0.2) is 0 Å². The minimum atomic E-state index is -1.07. The van der Waals surface area contributed by atoms with E-state index < -0.39 is 95.6 Å². The summed E-state index contributed by atoms with van der Waals surface area (Å²) in [7, 11) is 10.7. The van der Waals surface area contributed by atoms with Crippen LogP contribution in [0.3, 0.4) is 0 Å². The maximum absolute atomic E-state index is 14.5. The van der Waals surface area contributed by atoms with Gasteiger partial charge in [0.2, 0.25) is 47.3 Å². The largest absolute Gasteiger partial charge is 0.343 e. The smallest absolute Gasteiger partial charge is 0.245 e. The van der Waals surface area contributed by atoms with Crippen LogP contribution in [0.1, 0.15) is 158 Å². The molecule has 1 heterocycles. The van der Waals surface area contributed by atoms with Crippen molar-refractivity contribution in [1.29, 1.82) is 0 Å². The fraction of sp³-hybridized carbons (Fsp3) is 0.830. The second-order valence-electron chi connectivity index (χ2n) is 17.9. The van der Waals surface area contributed by atoms with Crippen LogP contribution >= 0.6 is 0 Å². The molecular weight excluding hydrogens is 805 g/mol. The van der Waals surface area contributed by atoms with Crippen LogP contribution in [-0.2, 0) is 38.4 Å². The third-order valence-electron chi connectivity index (χ3n) is 13.3. The molecule has 0 saturated carbocycles. The number of rotatable bonds is 16. The standard InChI is InChI=1S/C47H86N8O8/c1-16-20-24-28-36-40(56)48-32(5)41(57)53(13)37(29-25-21-17-2)45(61)50(10)34(7)43(59)55(15)39(31-27-23-19-4)47(63)51(11)35(8)44(60)54(14)38(30-26-22-18-3)46(62)49(9)33(6)42(58)52(36)12/h32-39H,16-31H2,1-15H3,(H,48,56)/t32-,33-,34-,35-,36+,37+,38+,39+/m1/s1.